The maximum atomic E-state index is 13.8. The zero-order chi connectivity index (χ0) is 34.0. The van der Waals surface area contributed by atoms with Crippen LogP contribution in [0.3, 0.4) is 0 Å². The van der Waals surface area contributed by atoms with E-state index in [1.807, 2.05) is 19.9 Å². The maximum Gasteiger partial charge on any atom is 0.405 e. The van der Waals surface area contributed by atoms with Gasteiger partial charge in [-0.1, -0.05) is 26.0 Å². The Morgan fingerprint density at radius 2 is 1.78 bits per heavy atom. The minimum Gasteiger partial charge on any atom is -0.439 e. The van der Waals surface area contributed by atoms with Gasteiger partial charge < -0.3 is 40.6 Å². The molecule has 2 aliphatic heterocycles. The highest BCUT2D eigenvalue weighted by Gasteiger charge is 2.34. The van der Waals surface area contributed by atoms with Crippen LogP contribution in [0.2, 0.25) is 0 Å². The second-order valence-corrected chi connectivity index (χ2v) is 12.7. The molecule has 1 aliphatic carbocycles. The first kappa shape index (κ1) is 37.1. The standard InChI is InChI=1S/C34H52N4O8/c1-20-16-24-29(36-12-15-38-13-7-8-14-38)26(39)19-25(31(24)41)37-33(42)21(2)10-9-11-27(44-5)32(46-34(35)43)23(4)18-22(3)30(40)28(17-20)45-6/h10,18-20,22,27-28,30,32,36,40H,7-9,11-17H2,1-6H3,(H2,35,43)(H,37,42)/b21-10+,23-18+/t20-,22+,27+,28+,30-,32+/m1/s1. The second-order valence-electron chi connectivity index (χ2n) is 12.7. The number of hydrogen-bond acceptors (Lipinski definition) is 10. The highest BCUT2D eigenvalue weighted by Crippen LogP contribution is 2.29. The molecule has 0 unspecified atom stereocenters. The van der Waals surface area contributed by atoms with Gasteiger partial charge in [-0.2, -0.15) is 0 Å². The summed E-state index contributed by atoms with van der Waals surface area (Å²) >= 11 is 0. The van der Waals surface area contributed by atoms with Crippen molar-refractivity contribution in [1.29, 1.82) is 0 Å². The molecule has 12 nitrogen and oxygen atoms in total. The Morgan fingerprint density at radius 3 is 2.41 bits per heavy atom. The molecular formula is C34H52N4O8. The molecule has 0 aromatic carbocycles. The number of nitrogens with zero attached hydrogens (tertiary/aromatic N) is 1. The lowest BCUT2D eigenvalue weighted by Gasteiger charge is -2.30. The van der Waals surface area contributed by atoms with Crippen molar-refractivity contribution in [2.75, 3.05) is 40.4 Å². The Bertz CT molecular complexity index is 1250. The molecule has 3 aliphatic rings. The third-order valence-electron chi connectivity index (χ3n) is 9.05. The third-order valence-corrected chi connectivity index (χ3v) is 9.05. The summed E-state index contributed by atoms with van der Waals surface area (Å²) in [5.41, 5.74) is 6.87. The number of nitrogens with two attached hydrogens (primary N) is 1. The minimum absolute atomic E-state index is 0.0746. The highest BCUT2D eigenvalue weighted by molar-refractivity contribution is 6.23. The number of methoxy groups -OCH3 is 2. The predicted octanol–water partition coefficient (Wildman–Crippen LogP) is 2.67. The molecule has 0 saturated carbocycles. The van der Waals surface area contributed by atoms with Gasteiger partial charge in [-0.25, -0.2) is 4.79 Å². The van der Waals surface area contributed by atoms with E-state index in [0.29, 0.717) is 42.5 Å². The van der Waals surface area contributed by atoms with Crippen LogP contribution in [-0.2, 0) is 28.6 Å². The molecule has 5 N–H and O–H groups in total. The number of rotatable bonds is 7. The molecule has 6 atom stereocenters. The zero-order valence-electron chi connectivity index (χ0n) is 28.1. The van der Waals surface area contributed by atoms with E-state index < -0.39 is 48.1 Å². The van der Waals surface area contributed by atoms with Crippen molar-refractivity contribution in [1.82, 2.24) is 15.5 Å². The van der Waals surface area contributed by atoms with E-state index in [0.717, 1.165) is 32.5 Å². The summed E-state index contributed by atoms with van der Waals surface area (Å²) in [6.07, 6.45) is 4.47. The molecular weight excluding hydrogens is 592 g/mol. The number of hydrogen-bond donors (Lipinski definition) is 4. The topological polar surface area (TPSA) is 170 Å². The third kappa shape index (κ3) is 10.1. The fraction of sp³-hybridized carbons (Fsp3) is 0.647. The lowest BCUT2D eigenvalue weighted by Crippen LogP contribution is -2.38. The molecule has 12 heteroatoms. The first-order valence-corrected chi connectivity index (χ1v) is 16.2. The van der Waals surface area contributed by atoms with E-state index in [-0.39, 0.29) is 29.5 Å². The quantitative estimate of drug-likeness (QED) is 0.239. The van der Waals surface area contributed by atoms with Crippen LogP contribution >= 0.6 is 0 Å². The normalized spacial score (nSPS) is 31.8. The van der Waals surface area contributed by atoms with Crippen molar-refractivity contribution in [3.63, 3.8) is 0 Å². The SMILES string of the molecule is CO[C@H]1C[C@H](C)CC2=C(NCCN3CCCC3)C(=O)C=C(NC(=O)/C(C)=C/CC[C@H](OC)[C@@H](OC(N)=O)/C(C)=C/[C@H](C)[C@H]1O)C2=O. The van der Waals surface area contributed by atoms with Crippen molar-refractivity contribution in [2.24, 2.45) is 17.6 Å². The number of nitrogens with one attached hydrogen (secondary N) is 2. The fourth-order valence-electron chi connectivity index (χ4n) is 6.43. The molecule has 46 heavy (non-hydrogen) atoms. The Labute approximate surface area is 272 Å². The minimum atomic E-state index is -0.959. The average molecular weight is 645 g/mol. The van der Waals surface area contributed by atoms with Crippen LogP contribution < -0.4 is 16.4 Å². The number of ether oxygens (including phenoxy) is 3. The van der Waals surface area contributed by atoms with Gasteiger partial charge in [-0.15, -0.1) is 0 Å². The number of aliphatic hydroxyl groups excluding tert-OH is 1. The van der Waals surface area contributed by atoms with Crippen LogP contribution in [0.15, 0.2) is 46.3 Å². The number of amides is 2. The number of likely N-dealkylation sites (tertiary alicyclic amines) is 1. The van der Waals surface area contributed by atoms with Crippen LogP contribution in [0.4, 0.5) is 4.79 Å². The maximum absolute atomic E-state index is 13.8. The van der Waals surface area contributed by atoms with Crippen LogP contribution in [0.25, 0.3) is 0 Å². The molecule has 2 bridgehead atoms. The van der Waals surface area contributed by atoms with Gasteiger partial charge >= 0.3 is 6.09 Å². The van der Waals surface area contributed by atoms with E-state index in [2.05, 4.69) is 15.5 Å². The summed E-state index contributed by atoms with van der Waals surface area (Å²) < 4.78 is 16.8. The van der Waals surface area contributed by atoms with Crippen LogP contribution in [0, 0.1) is 11.8 Å². The Kier molecular flexibility index (Phi) is 14.2. The van der Waals surface area contributed by atoms with Gasteiger partial charge in [0.25, 0.3) is 5.91 Å². The summed E-state index contributed by atoms with van der Waals surface area (Å²) in [5, 5.41) is 17.2. The summed E-state index contributed by atoms with van der Waals surface area (Å²) in [6.45, 7) is 10.5. The Hall–Kier alpha value is -3.32. The van der Waals surface area contributed by atoms with Crippen molar-refractivity contribution in [3.8, 4) is 0 Å². The Morgan fingerprint density at radius 1 is 1.11 bits per heavy atom. The fourth-order valence-corrected chi connectivity index (χ4v) is 6.43. The number of ketones is 2. The van der Waals surface area contributed by atoms with E-state index >= 15 is 0 Å². The summed E-state index contributed by atoms with van der Waals surface area (Å²) in [5.74, 6) is -1.88. The van der Waals surface area contributed by atoms with Gasteiger partial charge in [0.1, 0.15) is 0 Å². The van der Waals surface area contributed by atoms with Gasteiger partial charge in [0.2, 0.25) is 11.6 Å². The largest absolute Gasteiger partial charge is 0.439 e. The number of Topliss-reactive ketones (excluding diaryl/α,β-unsaturated/α-hetero) is 1. The van der Waals surface area contributed by atoms with Gasteiger partial charge in [0, 0.05) is 50.4 Å². The van der Waals surface area contributed by atoms with Gasteiger partial charge in [-0.05, 0) is 77.0 Å². The van der Waals surface area contributed by atoms with Gasteiger partial charge in [0.15, 0.2) is 6.10 Å². The lowest BCUT2D eigenvalue weighted by molar-refractivity contribution is -0.120. The number of allylic oxidation sites excluding steroid dienone is 3. The van der Waals surface area contributed by atoms with Crippen molar-refractivity contribution >= 4 is 23.6 Å². The molecule has 2 heterocycles. The van der Waals surface area contributed by atoms with Crippen LogP contribution in [-0.4, -0.2) is 98.4 Å². The van der Waals surface area contributed by atoms with Gasteiger partial charge in [0.05, 0.1) is 29.7 Å². The van der Waals surface area contributed by atoms with E-state index in [4.69, 9.17) is 19.9 Å². The number of fused-ring (bicyclic) bond motifs is 2. The molecule has 0 aromatic rings. The van der Waals surface area contributed by atoms with Crippen molar-refractivity contribution < 1.29 is 38.5 Å². The summed E-state index contributed by atoms with van der Waals surface area (Å²) in [4.78, 5) is 54.5. The summed E-state index contributed by atoms with van der Waals surface area (Å²) in [7, 11) is 3.01. The smallest absolute Gasteiger partial charge is 0.405 e. The zero-order valence-corrected chi connectivity index (χ0v) is 28.1. The Balaban J connectivity index is 1.97. The van der Waals surface area contributed by atoms with E-state index in [1.54, 1.807) is 19.9 Å². The van der Waals surface area contributed by atoms with Crippen LogP contribution in [0.1, 0.15) is 66.2 Å². The molecule has 1 saturated heterocycles. The first-order valence-electron chi connectivity index (χ1n) is 16.2. The van der Waals surface area contributed by atoms with E-state index in [9.17, 15) is 24.3 Å². The highest BCUT2D eigenvalue weighted by atomic mass is 16.6. The first-order chi connectivity index (χ1) is 21.9. The van der Waals surface area contributed by atoms with Crippen molar-refractivity contribution in [3.05, 3.63) is 46.3 Å². The number of primary amides is 1. The number of carbonyl (C=O) groups excluding carboxylic acids is 4. The molecule has 256 valence electrons. The monoisotopic (exact) mass is 644 g/mol. The van der Waals surface area contributed by atoms with E-state index in [1.165, 1.54) is 20.3 Å². The van der Waals surface area contributed by atoms with Gasteiger partial charge in [-0.3, -0.25) is 14.4 Å². The lowest BCUT2D eigenvalue weighted by atomic mass is 9.85. The number of carbonyl (C=O) groups is 4. The average Bonchev–Trinajstić information content (AvgIpc) is 3.53. The molecule has 2 amide bonds. The predicted molar refractivity (Wildman–Crippen MR) is 173 cm³/mol. The molecule has 0 spiro atoms. The van der Waals surface area contributed by atoms with Crippen LogP contribution in [0.5, 0.6) is 0 Å². The summed E-state index contributed by atoms with van der Waals surface area (Å²) in [6, 6.07) is 0. The molecule has 0 radical (unpaired) electrons. The molecule has 0 aromatic heterocycles. The second kappa shape index (κ2) is 17.6. The van der Waals surface area contributed by atoms with Crippen molar-refractivity contribution in [2.45, 2.75) is 90.6 Å². The molecule has 3 rings (SSSR count). The number of aliphatic hydroxyl groups is 1. The molecule has 1 fully saturated rings.